The molecule has 1 aromatic rings. The lowest BCUT2D eigenvalue weighted by atomic mass is 10.2. The zero-order chi connectivity index (χ0) is 12.7. The molecule has 0 aliphatic carbocycles. The average Bonchev–Trinajstić information content (AvgIpc) is 2.33. The van der Waals surface area contributed by atoms with Gasteiger partial charge in [0.2, 0.25) is 0 Å². The van der Waals surface area contributed by atoms with Crippen LogP contribution in [0.1, 0.15) is 18.9 Å². The Kier molecular flexibility index (Phi) is 5.69. The van der Waals surface area contributed by atoms with E-state index in [4.69, 9.17) is 4.74 Å². The Morgan fingerprint density at radius 2 is 2.35 bits per heavy atom. The summed E-state index contributed by atoms with van der Waals surface area (Å²) in [5.74, 6) is -0.229. The summed E-state index contributed by atoms with van der Waals surface area (Å²) in [7, 11) is 0. The van der Waals surface area contributed by atoms with Crippen LogP contribution in [0.15, 0.2) is 27.8 Å². The van der Waals surface area contributed by atoms with Crippen LogP contribution in [0, 0.1) is 6.92 Å². The molecule has 1 N–H and O–H groups in total. The third kappa shape index (κ3) is 4.56. The Labute approximate surface area is 109 Å². The van der Waals surface area contributed by atoms with E-state index in [1.807, 2.05) is 25.1 Å². The monoisotopic (exact) mass is 298 g/mol. The highest BCUT2D eigenvalue weighted by molar-refractivity contribution is 9.10. The van der Waals surface area contributed by atoms with Gasteiger partial charge in [-0.3, -0.25) is 10.2 Å². The lowest BCUT2D eigenvalue weighted by molar-refractivity contribution is -0.141. The molecule has 4 nitrogen and oxygen atoms in total. The van der Waals surface area contributed by atoms with Crippen LogP contribution in [0.2, 0.25) is 0 Å². The molecule has 0 aromatic heterocycles. The van der Waals surface area contributed by atoms with Crippen LogP contribution in [0.4, 0.5) is 5.69 Å². The third-order valence-corrected chi connectivity index (χ3v) is 3.13. The maximum atomic E-state index is 10.8. The first-order chi connectivity index (χ1) is 8.15. The van der Waals surface area contributed by atoms with Crippen LogP contribution in [-0.4, -0.2) is 18.8 Å². The van der Waals surface area contributed by atoms with Crippen LogP contribution < -0.4 is 5.43 Å². The largest absolute Gasteiger partial charge is 0.460 e. The van der Waals surface area contributed by atoms with Crippen LogP contribution in [0.25, 0.3) is 0 Å². The molecule has 0 aliphatic rings. The summed E-state index contributed by atoms with van der Waals surface area (Å²) in [5, 5.41) is 3.97. The number of carbonyl (C=O) groups is 1. The van der Waals surface area contributed by atoms with E-state index in [1.165, 1.54) is 6.21 Å². The van der Waals surface area contributed by atoms with Gasteiger partial charge in [0.05, 0.1) is 11.9 Å². The topological polar surface area (TPSA) is 50.7 Å². The van der Waals surface area contributed by atoms with Crippen molar-refractivity contribution in [2.75, 3.05) is 12.0 Å². The second-order valence-electron chi connectivity index (χ2n) is 3.40. The predicted molar refractivity (Wildman–Crippen MR) is 72.2 cm³/mol. The SMILES string of the molecule is CCC(=O)OCC=NNc1cccc(C)c1Br. The first-order valence-electron chi connectivity index (χ1n) is 5.33. The lowest BCUT2D eigenvalue weighted by Gasteiger charge is -2.05. The van der Waals surface area contributed by atoms with Crippen molar-refractivity contribution >= 4 is 33.8 Å². The Morgan fingerprint density at radius 1 is 1.59 bits per heavy atom. The van der Waals surface area contributed by atoms with Gasteiger partial charge in [-0.1, -0.05) is 19.1 Å². The highest BCUT2D eigenvalue weighted by Gasteiger charge is 1.99. The average molecular weight is 299 g/mol. The summed E-state index contributed by atoms with van der Waals surface area (Å²) in [6.07, 6.45) is 1.90. The van der Waals surface area contributed by atoms with E-state index in [0.29, 0.717) is 6.42 Å². The third-order valence-electron chi connectivity index (χ3n) is 2.08. The van der Waals surface area contributed by atoms with Crippen LogP contribution in [0.3, 0.4) is 0 Å². The summed E-state index contributed by atoms with van der Waals surface area (Å²) < 4.78 is 5.82. The van der Waals surface area contributed by atoms with E-state index in [0.717, 1.165) is 15.7 Å². The van der Waals surface area contributed by atoms with Crippen molar-refractivity contribution in [3.63, 3.8) is 0 Å². The fourth-order valence-corrected chi connectivity index (χ4v) is 1.47. The van der Waals surface area contributed by atoms with Crippen molar-refractivity contribution in [1.29, 1.82) is 0 Å². The molecule has 1 aromatic carbocycles. The van der Waals surface area contributed by atoms with Crippen molar-refractivity contribution in [2.45, 2.75) is 20.3 Å². The van der Waals surface area contributed by atoms with Gasteiger partial charge >= 0.3 is 5.97 Å². The van der Waals surface area contributed by atoms with Gasteiger partial charge < -0.3 is 4.74 Å². The standard InChI is InChI=1S/C12H15BrN2O2/c1-3-11(16)17-8-7-14-15-10-6-4-5-9(2)12(10)13/h4-7,15H,3,8H2,1-2H3. The van der Waals surface area contributed by atoms with Crippen molar-refractivity contribution < 1.29 is 9.53 Å². The summed E-state index contributed by atoms with van der Waals surface area (Å²) in [6.45, 7) is 3.94. The highest BCUT2D eigenvalue weighted by atomic mass is 79.9. The fraction of sp³-hybridized carbons (Fsp3) is 0.333. The van der Waals surface area contributed by atoms with Gasteiger partial charge in [0.1, 0.15) is 6.61 Å². The van der Waals surface area contributed by atoms with Gasteiger partial charge in [0, 0.05) is 10.9 Å². The number of hydrogen-bond acceptors (Lipinski definition) is 4. The molecule has 17 heavy (non-hydrogen) atoms. The number of rotatable bonds is 5. The molecule has 0 bridgehead atoms. The van der Waals surface area contributed by atoms with Gasteiger partial charge in [-0.2, -0.15) is 5.10 Å². The zero-order valence-corrected chi connectivity index (χ0v) is 11.5. The number of hydrazone groups is 1. The summed E-state index contributed by atoms with van der Waals surface area (Å²) >= 11 is 3.46. The molecule has 0 heterocycles. The zero-order valence-electron chi connectivity index (χ0n) is 9.87. The molecule has 1 rings (SSSR count). The van der Waals surface area contributed by atoms with Gasteiger partial charge in [-0.15, -0.1) is 0 Å². The van der Waals surface area contributed by atoms with Gasteiger partial charge in [-0.25, -0.2) is 0 Å². The van der Waals surface area contributed by atoms with Gasteiger partial charge in [-0.05, 0) is 34.5 Å². The number of benzene rings is 1. The molecule has 0 saturated heterocycles. The van der Waals surface area contributed by atoms with Crippen molar-refractivity contribution in [2.24, 2.45) is 5.10 Å². The predicted octanol–water partition coefficient (Wildman–Crippen LogP) is 3.11. The molecule has 0 atom stereocenters. The van der Waals surface area contributed by atoms with E-state index in [-0.39, 0.29) is 12.6 Å². The number of hydrogen-bond donors (Lipinski definition) is 1. The number of carbonyl (C=O) groups excluding carboxylic acids is 1. The lowest BCUT2D eigenvalue weighted by Crippen LogP contribution is -2.05. The molecular weight excluding hydrogens is 284 g/mol. The summed E-state index contributed by atoms with van der Waals surface area (Å²) in [5.41, 5.74) is 4.88. The molecule has 0 radical (unpaired) electrons. The maximum Gasteiger partial charge on any atom is 0.305 e. The maximum absolute atomic E-state index is 10.8. The molecule has 92 valence electrons. The fourth-order valence-electron chi connectivity index (χ4n) is 1.12. The Bertz CT molecular complexity index is 419. The second-order valence-corrected chi connectivity index (χ2v) is 4.19. The first-order valence-corrected chi connectivity index (χ1v) is 6.12. The number of nitrogens with one attached hydrogen (secondary N) is 1. The normalized spacial score (nSPS) is 10.5. The minimum absolute atomic E-state index is 0.184. The Hall–Kier alpha value is -1.36. The van der Waals surface area contributed by atoms with Crippen molar-refractivity contribution in [3.8, 4) is 0 Å². The quantitative estimate of drug-likeness (QED) is 0.516. The van der Waals surface area contributed by atoms with Gasteiger partial charge in [0.25, 0.3) is 0 Å². The van der Waals surface area contributed by atoms with E-state index >= 15 is 0 Å². The first kappa shape index (κ1) is 13.7. The van der Waals surface area contributed by atoms with Gasteiger partial charge in [0.15, 0.2) is 0 Å². The van der Waals surface area contributed by atoms with Crippen LogP contribution >= 0.6 is 15.9 Å². The number of ether oxygens (including phenoxy) is 1. The number of halogens is 1. The minimum atomic E-state index is -0.229. The second kappa shape index (κ2) is 7.06. The van der Waals surface area contributed by atoms with Crippen LogP contribution in [-0.2, 0) is 9.53 Å². The van der Waals surface area contributed by atoms with E-state index in [2.05, 4.69) is 26.5 Å². The summed E-state index contributed by atoms with van der Waals surface area (Å²) in [4.78, 5) is 10.8. The van der Waals surface area contributed by atoms with Crippen molar-refractivity contribution in [1.82, 2.24) is 0 Å². The van der Waals surface area contributed by atoms with Crippen molar-refractivity contribution in [3.05, 3.63) is 28.2 Å². The molecule has 0 fully saturated rings. The summed E-state index contributed by atoms with van der Waals surface area (Å²) in [6, 6.07) is 5.85. The number of aryl methyl sites for hydroxylation is 1. The van der Waals surface area contributed by atoms with Crippen LogP contribution in [0.5, 0.6) is 0 Å². The molecule has 0 spiro atoms. The molecular formula is C12H15BrN2O2. The number of nitrogens with zero attached hydrogens (tertiary/aromatic N) is 1. The van der Waals surface area contributed by atoms with E-state index in [9.17, 15) is 4.79 Å². The molecule has 0 amide bonds. The highest BCUT2D eigenvalue weighted by Crippen LogP contribution is 2.25. The smallest absolute Gasteiger partial charge is 0.305 e. The molecule has 5 heteroatoms. The molecule has 0 unspecified atom stereocenters. The minimum Gasteiger partial charge on any atom is -0.460 e. The van der Waals surface area contributed by atoms with E-state index < -0.39 is 0 Å². The Balaban J connectivity index is 2.42. The number of esters is 1. The Morgan fingerprint density at radius 3 is 3.06 bits per heavy atom. The van der Waals surface area contributed by atoms with E-state index in [1.54, 1.807) is 6.92 Å². The number of anilines is 1. The molecule has 0 saturated carbocycles. The molecule has 0 aliphatic heterocycles.